The van der Waals surface area contributed by atoms with Crippen LogP contribution in [0, 0.1) is 47.5 Å². The third-order valence-corrected chi connectivity index (χ3v) is 13.4. The Labute approximate surface area is 341 Å². The Kier molecular flexibility index (Phi) is 12.2. The number of nitrogens with one attached hydrogen (secondary N) is 1. The van der Waals surface area contributed by atoms with E-state index in [1.54, 1.807) is 71.0 Å². The second kappa shape index (κ2) is 16.0. The van der Waals surface area contributed by atoms with E-state index in [1.807, 2.05) is 52.8 Å². The highest BCUT2D eigenvalue weighted by atomic mass is 32.2. The van der Waals surface area contributed by atoms with Crippen LogP contribution in [0.1, 0.15) is 83.7 Å². The Hall–Kier alpha value is -4.90. The van der Waals surface area contributed by atoms with Gasteiger partial charge in [0.15, 0.2) is 0 Å². The van der Waals surface area contributed by atoms with Crippen LogP contribution in [-0.4, -0.2) is 44.6 Å². The lowest BCUT2D eigenvalue weighted by Crippen LogP contribution is -2.12. The van der Waals surface area contributed by atoms with Gasteiger partial charge in [0, 0.05) is 22.6 Å². The highest BCUT2D eigenvalue weighted by molar-refractivity contribution is 7.86. The molecule has 0 heterocycles. The van der Waals surface area contributed by atoms with Gasteiger partial charge in [-0.05, 0) is 151 Å². The highest BCUT2D eigenvalue weighted by Crippen LogP contribution is 2.41. The summed E-state index contributed by atoms with van der Waals surface area (Å²) in [6.07, 6.45) is 5.41. The molecule has 12 nitrogen and oxygen atoms in total. The topological polar surface area (TPSA) is 214 Å². The lowest BCUT2D eigenvalue weighted by atomic mass is 9.84. The van der Waals surface area contributed by atoms with Gasteiger partial charge in [0.1, 0.15) is 14.7 Å². The van der Waals surface area contributed by atoms with Crippen molar-refractivity contribution < 1.29 is 38.9 Å². The summed E-state index contributed by atoms with van der Waals surface area (Å²) in [4.78, 5) is 4.14. The number of aliphatic imine (C=N–C) groups is 1. The van der Waals surface area contributed by atoms with E-state index in [4.69, 9.17) is 10.7 Å². The van der Waals surface area contributed by atoms with E-state index in [0.29, 0.717) is 67.3 Å². The molecule has 0 saturated carbocycles. The maximum absolute atomic E-state index is 13.0. The molecule has 4 aromatic carbocycles. The Morgan fingerprint density at radius 1 is 0.672 bits per heavy atom. The van der Waals surface area contributed by atoms with Crippen LogP contribution in [0.2, 0.25) is 0 Å². The molecule has 1 aliphatic rings. The Bertz CT molecular complexity index is 2850. The van der Waals surface area contributed by atoms with Gasteiger partial charge in [-0.1, -0.05) is 58.0 Å². The summed E-state index contributed by atoms with van der Waals surface area (Å²) in [5.74, 6) is -0.241. The van der Waals surface area contributed by atoms with E-state index in [0.717, 1.165) is 16.7 Å². The quantitative estimate of drug-likeness (QED) is 0.0749. The number of nitrogens with two attached hydrogens (primary N) is 1. The molecule has 5 rings (SSSR count). The summed E-state index contributed by atoms with van der Waals surface area (Å²) in [6, 6.07) is 13.1. The minimum atomic E-state index is -4.80. The lowest BCUT2D eigenvalue weighted by Gasteiger charge is -2.24. The molecule has 0 atom stereocenters. The molecular formula is C43H49N3O9S3. The van der Waals surface area contributed by atoms with E-state index >= 15 is 0 Å². The average Bonchev–Trinajstić information content (AvgIpc) is 3.07. The number of rotatable bonds is 10. The van der Waals surface area contributed by atoms with E-state index in [-0.39, 0.29) is 32.9 Å². The van der Waals surface area contributed by atoms with Crippen LogP contribution < -0.4 is 11.1 Å². The van der Waals surface area contributed by atoms with Crippen molar-refractivity contribution in [2.45, 2.75) is 89.8 Å². The van der Waals surface area contributed by atoms with Crippen molar-refractivity contribution in [3.63, 3.8) is 0 Å². The number of allylic oxidation sites excluding steroid dienone is 5. The Morgan fingerprint density at radius 3 is 1.81 bits per heavy atom. The number of nitrogen functional groups attached to an aromatic ring is 1. The monoisotopic (exact) mass is 847 g/mol. The summed E-state index contributed by atoms with van der Waals surface area (Å²) >= 11 is 0. The molecule has 0 saturated heterocycles. The molecule has 6 N–H and O–H groups in total. The van der Waals surface area contributed by atoms with Crippen LogP contribution >= 0.6 is 0 Å². The van der Waals surface area contributed by atoms with E-state index < -0.39 is 35.2 Å². The van der Waals surface area contributed by atoms with Gasteiger partial charge < -0.3 is 11.1 Å². The van der Waals surface area contributed by atoms with Gasteiger partial charge >= 0.3 is 0 Å². The fourth-order valence-corrected chi connectivity index (χ4v) is 10.4. The van der Waals surface area contributed by atoms with Crippen LogP contribution in [0.5, 0.6) is 0 Å². The van der Waals surface area contributed by atoms with Gasteiger partial charge in [-0.15, -0.1) is 0 Å². The van der Waals surface area contributed by atoms with Crippen LogP contribution in [0.4, 0.5) is 22.7 Å². The van der Waals surface area contributed by atoms with Crippen molar-refractivity contribution in [1.82, 2.24) is 0 Å². The fourth-order valence-electron chi connectivity index (χ4n) is 7.76. The van der Waals surface area contributed by atoms with Gasteiger partial charge in [0.25, 0.3) is 30.4 Å². The molecule has 0 amide bonds. The smallest absolute Gasteiger partial charge is 0.295 e. The molecule has 58 heavy (non-hydrogen) atoms. The third kappa shape index (κ3) is 8.89. The fraction of sp³-hybridized carbons (Fsp3) is 0.279. The molecule has 0 spiro atoms. The third-order valence-electron chi connectivity index (χ3n) is 10.2. The van der Waals surface area contributed by atoms with Gasteiger partial charge in [0.2, 0.25) is 0 Å². The number of benzene rings is 4. The number of anilines is 3. The minimum Gasteiger partial charge on any atom is -0.399 e. The maximum atomic E-state index is 13.0. The van der Waals surface area contributed by atoms with Crippen molar-refractivity contribution in [2.75, 3.05) is 11.1 Å². The summed E-state index contributed by atoms with van der Waals surface area (Å²) in [7, 11) is -13.9. The first-order chi connectivity index (χ1) is 26.7. The molecule has 0 bridgehead atoms. The predicted octanol–water partition coefficient (Wildman–Crippen LogP) is 9.45. The number of nitrogens with zero attached hydrogens (tertiary/aromatic N) is 1. The van der Waals surface area contributed by atoms with Crippen molar-refractivity contribution in [3.05, 3.63) is 128 Å². The number of aryl methyl sites for hydroxylation is 4. The molecule has 15 heteroatoms. The zero-order valence-electron chi connectivity index (χ0n) is 34.0. The number of hydrogen-bond donors (Lipinski definition) is 5. The van der Waals surface area contributed by atoms with Gasteiger partial charge in [-0.2, -0.15) is 25.3 Å². The van der Waals surface area contributed by atoms with E-state index in [9.17, 15) is 38.9 Å². The molecular weight excluding hydrogens is 799 g/mol. The van der Waals surface area contributed by atoms with E-state index in [1.165, 1.54) is 12.1 Å². The first kappa shape index (κ1) is 44.2. The maximum Gasteiger partial charge on any atom is 0.295 e. The summed E-state index contributed by atoms with van der Waals surface area (Å²) in [6.45, 7) is 18.0. The standard InChI is InChI=1S/C43H49N3O9S3/c1-22(2)34-19-30(11-15-36(34)45-40-24(5)17-26(7)42(28(40)9)57(50,51)52)39(33-14-13-32(44)21-38(33)56(47,48)49)31-12-16-37(35(20-31)23(3)4)46-41-25(6)18-27(8)43(29(41)10)58(53,54)55/h11-23,45H,44H2,1-10H3,(H,47,48,49)(H,50,51,52)(H,53,54,55). The first-order valence-corrected chi connectivity index (χ1v) is 22.7. The van der Waals surface area contributed by atoms with Gasteiger partial charge in [0.05, 0.1) is 11.4 Å². The van der Waals surface area contributed by atoms with Crippen LogP contribution in [0.3, 0.4) is 0 Å². The summed E-state index contributed by atoms with van der Waals surface area (Å²) in [5.41, 5.74) is 14.5. The second-order valence-electron chi connectivity index (χ2n) is 15.3. The number of hydrogen-bond acceptors (Lipinski definition) is 9. The zero-order chi connectivity index (χ0) is 43.4. The molecule has 0 unspecified atom stereocenters. The zero-order valence-corrected chi connectivity index (χ0v) is 36.5. The van der Waals surface area contributed by atoms with Crippen LogP contribution in [0.15, 0.2) is 97.6 Å². The molecule has 1 aliphatic carbocycles. The lowest BCUT2D eigenvalue weighted by molar-refractivity contribution is 0.479. The van der Waals surface area contributed by atoms with E-state index in [2.05, 4.69) is 5.32 Å². The Balaban J connectivity index is 1.81. The normalized spacial score (nSPS) is 15.4. The molecule has 4 aromatic rings. The SMILES string of the molecule is Cc1cc(C)c(S(=O)(=O)O)c(C)c1N=C1C=CC(=C(c2ccc(Nc3c(C)cc(C)c(S(=O)(=O)O)c3C)c(C(C)C)c2)c2ccc(N)cc2S(=O)(=O)O)C=C1C(C)C. The van der Waals surface area contributed by atoms with Gasteiger partial charge in [-0.25, -0.2) is 4.99 Å². The molecule has 308 valence electrons. The first-order valence-electron chi connectivity index (χ1n) is 18.4. The minimum absolute atomic E-state index is 0.107. The van der Waals surface area contributed by atoms with Crippen molar-refractivity contribution in [2.24, 2.45) is 10.9 Å². The summed E-state index contributed by atoms with van der Waals surface area (Å²) < 4.78 is 106. The second-order valence-corrected chi connectivity index (χ2v) is 19.4. The average molecular weight is 848 g/mol. The van der Waals surface area contributed by atoms with Crippen molar-refractivity contribution >= 4 is 64.4 Å². The predicted molar refractivity (Wildman–Crippen MR) is 231 cm³/mol. The molecule has 0 aliphatic heterocycles. The van der Waals surface area contributed by atoms with Crippen LogP contribution in [0.25, 0.3) is 5.57 Å². The van der Waals surface area contributed by atoms with Crippen molar-refractivity contribution in [1.29, 1.82) is 0 Å². The molecule has 0 aromatic heterocycles. The summed E-state index contributed by atoms with van der Waals surface area (Å²) in [5, 5.41) is 3.40. The van der Waals surface area contributed by atoms with Crippen LogP contribution in [-0.2, 0) is 30.4 Å². The highest BCUT2D eigenvalue weighted by Gasteiger charge is 2.27. The molecule has 0 fully saturated rings. The Morgan fingerprint density at radius 2 is 1.26 bits per heavy atom. The van der Waals surface area contributed by atoms with Gasteiger partial charge in [-0.3, -0.25) is 13.7 Å². The molecule has 0 radical (unpaired) electrons. The largest absolute Gasteiger partial charge is 0.399 e. The van der Waals surface area contributed by atoms with Crippen molar-refractivity contribution in [3.8, 4) is 0 Å².